The molecule has 0 aliphatic carbocycles. The minimum Gasteiger partial charge on any atom is -0.494 e. The maximum atomic E-state index is 11.5. The van der Waals surface area contributed by atoms with Gasteiger partial charge in [0.05, 0.1) is 6.61 Å². The van der Waals surface area contributed by atoms with Crippen LogP contribution in [0.25, 0.3) is 0 Å². The van der Waals surface area contributed by atoms with E-state index in [9.17, 15) is 4.79 Å². The fourth-order valence-electron chi connectivity index (χ4n) is 1.68. The van der Waals surface area contributed by atoms with Crippen LogP contribution in [-0.4, -0.2) is 12.4 Å². The van der Waals surface area contributed by atoms with E-state index in [0.29, 0.717) is 18.8 Å². The molecular formula is C20H34O2. The van der Waals surface area contributed by atoms with Gasteiger partial charge in [-0.3, -0.25) is 4.79 Å². The molecule has 0 saturated carbocycles. The third kappa shape index (κ3) is 10.4. The van der Waals surface area contributed by atoms with Gasteiger partial charge in [0.2, 0.25) is 0 Å². The Morgan fingerprint density at radius 3 is 2.23 bits per heavy atom. The molecular weight excluding hydrogens is 272 g/mol. The molecule has 0 amide bonds. The molecule has 1 aromatic carbocycles. The summed E-state index contributed by atoms with van der Waals surface area (Å²) in [5.41, 5.74) is 2.25. The van der Waals surface area contributed by atoms with Crippen molar-refractivity contribution in [2.75, 3.05) is 6.61 Å². The number of hydrogen-bond donors (Lipinski definition) is 0. The van der Waals surface area contributed by atoms with Crippen molar-refractivity contribution in [1.82, 2.24) is 0 Å². The minimum atomic E-state index is 0.275. The number of carbonyl (C=O) groups is 1. The van der Waals surface area contributed by atoms with Gasteiger partial charge in [-0.05, 0) is 48.4 Å². The molecule has 2 nitrogen and oxygen atoms in total. The summed E-state index contributed by atoms with van der Waals surface area (Å²) in [4.78, 5) is 11.5. The van der Waals surface area contributed by atoms with Gasteiger partial charge in [-0.2, -0.15) is 0 Å². The van der Waals surface area contributed by atoms with Crippen LogP contribution in [0, 0.1) is 18.8 Å². The third-order valence-corrected chi connectivity index (χ3v) is 3.07. The van der Waals surface area contributed by atoms with E-state index in [1.807, 2.05) is 32.0 Å². The van der Waals surface area contributed by atoms with Gasteiger partial charge in [0.15, 0.2) is 0 Å². The second kappa shape index (κ2) is 11.3. The van der Waals surface area contributed by atoms with Crippen LogP contribution in [0.2, 0.25) is 0 Å². The lowest BCUT2D eigenvalue weighted by molar-refractivity contribution is -0.118. The van der Waals surface area contributed by atoms with E-state index in [-0.39, 0.29) is 5.78 Å². The van der Waals surface area contributed by atoms with E-state index < -0.39 is 0 Å². The van der Waals surface area contributed by atoms with Gasteiger partial charge in [0.1, 0.15) is 11.5 Å². The van der Waals surface area contributed by atoms with Crippen molar-refractivity contribution in [2.45, 2.75) is 67.7 Å². The Bertz CT molecular complexity index is 431. The predicted octanol–water partition coefficient (Wildman–Crippen LogP) is 5.60. The van der Waals surface area contributed by atoms with Gasteiger partial charge < -0.3 is 4.74 Å². The summed E-state index contributed by atoms with van der Waals surface area (Å²) in [6, 6.07) is 6.02. The number of rotatable bonds is 7. The number of ether oxygens (including phenoxy) is 1. The van der Waals surface area contributed by atoms with Crippen molar-refractivity contribution in [2.24, 2.45) is 11.8 Å². The molecule has 0 N–H and O–H groups in total. The van der Waals surface area contributed by atoms with Crippen LogP contribution >= 0.6 is 0 Å². The van der Waals surface area contributed by atoms with Crippen LogP contribution in [0.5, 0.6) is 5.75 Å². The molecule has 0 spiro atoms. The molecule has 0 atom stereocenters. The highest BCUT2D eigenvalue weighted by molar-refractivity contribution is 5.81. The van der Waals surface area contributed by atoms with Crippen molar-refractivity contribution in [3.05, 3.63) is 29.3 Å². The summed E-state index contributed by atoms with van der Waals surface area (Å²) in [6.45, 7) is 15.5. The van der Waals surface area contributed by atoms with Gasteiger partial charge in [0.25, 0.3) is 0 Å². The average molecular weight is 306 g/mol. The average Bonchev–Trinajstić information content (AvgIpc) is 2.41. The van der Waals surface area contributed by atoms with Crippen LogP contribution in [0.15, 0.2) is 18.2 Å². The molecule has 0 aliphatic rings. The first-order valence-electron chi connectivity index (χ1n) is 8.50. The fraction of sp³-hybridized carbons (Fsp3) is 0.650. The van der Waals surface area contributed by atoms with E-state index in [0.717, 1.165) is 35.8 Å². The first-order valence-corrected chi connectivity index (χ1v) is 8.50. The van der Waals surface area contributed by atoms with Crippen LogP contribution < -0.4 is 4.74 Å². The smallest absolute Gasteiger partial charge is 0.137 e. The van der Waals surface area contributed by atoms with Gasteiger partial charge in [-0.15, -0.1) is 0 Å². The largest absolute Gasteiger partial charge is 0.494 e. The third-order valence-electron chi connectivity index (χ3n) is 3.07. The molecule has 1 aromatic rings. The molecule has 1 rings (SSSR count). The van der Waals surface area contributed by atoms with Gasteiger partial charge in [-0.25, -0.2) is 0 Å². The highest BCUT2D eigenvalue weighted by Crippen LogP contribution is 2.19. The molecule has 0 saturated heterocycles. The van der Waals surface area contributed by atoms with Crippen molar-refractivity contribution < 1.29 is 9.53 Å². The van der Waals surface area contributed by atoms with E-state index in [1.54, 1.807) is 0 Å². The second-order valence-corrected chi connectivity index (χ2v) is 6.92. The summed E-state index contributed by atoms with van der Waals surface area (Å²) >= 11 is 0. The van der Waals surface area contributed by atoms with Crippen molar-refractivity contribution in [3.63, 3.8) is 0 Å². The summed E-state index contributed by atoms with van der Waals surface area (Å²) in [5.74, 6) is 2.63. The Hall–Kier alpha value is -1.31. The zero-order valence-corrected chi connectivity index (χ0v) is 15.5. The predicted molar refractivity (Wildman–Crippen MR) is 95.6 cm³/mol. The molecule has 0 aromatic heterocycles. The number of benzene rings is 1. The minimum absolute atomic E-state index is 0.275. The van der Waals surface area contributed by atoms with Crippen LogP contribution in [0.3, 0.4) is 0 Å². The molecule has 0 fully saturated rings. The van der Waals surface area contributed by atoms with Crippen molar-refractivity contribution >= 4 is 5.78 Å². The van der Waals surface area contributed by atoms with Gasteiger partial charge in [0, 0.05) is 12.8 Å². The summed E-state index contributed by atoms with van der Waals surface area (Å²) in [7, 11) is 0. The molecule has 2 heteroatoms. The Kier molecular flexibility index (Phi) is 10.6. The first kappa shape index (κ1) is 20.7. The van der Waals surface area contributed by atoms with Crippen LogP contribution in [-0.2, 0) is 11.2 Å². The lowest BCUT2D eigenvalue weighted by Gasteiger charge is -2.11. The number of Topliss-reactive ketones (excluding diaryl/α,β-unsaturated/α-hetero) is 1. The molecule has 0 unspecified atom stereocenters. The number of carbonyl (C=O) groups excluding carboxylic acids is 1. The lowest BCUT2D eigenvalue weighted by Crippen LogP contribution is -2.04. The molecule has 22 heavy (non-hydrogen) atoms. The standard InChI is InChI=1S/C16H24O2.C4H10/c1-5-15(17)10-14-11-16(7-6-13(14)4)18-9-8-12(2)3;1-4(2)3/h6-7,11-12H,5,8-10H2,1-4H3;4H,1-3H3. The topological polar surface area (TPSA) is 26.3 Å². The molecule has 126 valence electrons. The highest BCUT2D eigenvalue weighted by Gasteiger charge is 2.06. The van der Waals surface area contributed by atoms with E-state index in [1.165, 1.54) is 0 Å². The van der Waals surface area contributed by atoms with Gasteiger partial charge >= 0.3 is 0 Å². The Morgan fingerprint density at radius 2 is 1.73 bits per heavy atom. The van der Waals surface area contributed by atoms with Gasteiger partial charge in [-0.1, -0.05) is 47.6 Å². The summed E-state index contributed by atoms with van der Waals surface area (Å²) < 4.78 is 5.72. The number of hydrogen-bond acceptors (Lipinski definition) is 2. The fourth-order valence-corrected chi connectivity index (χ4v) is 1.68. The van der Waals surface area contributed by atoms with E-state index in [2.05, 4.69) is 34.6 Å². The lowest BCUT2D eigenvalue weighted by atomic mass is 10.0. The Morgan fingerprint density at radius 1 is 1.14 bits per heavy atom. The normalized spacial score (nSPS) is 10.4. The van der Waals surface area contributed by atoms with Crippen LogP contribution in [0.1, 0.15) is 65.5 Å². The van der Waals surface area contributed by atoms with Crippen LogP contribution in [0.4, 0.5) is 0 Å². The first-order chi connectivity index (χ1) is 10.3. The highest BCUT2D eigenvalue weighted by atomic mass is 16.5. The number of aryl methyl sites for hydroxylation is 1. The maximum Gasteiger partial charge on any atom is 0.137 e. The molecule has 0 radical (unpaired) electrons. The summed E-state index contributed by atoms with van der Waals surface area (Å²) in [5, 5.41) is 0. The van der Waals surface area contributed by atoms with E-state index >= 15 is 0 Å². The summed E-state index contributed by atoms with van der Waals surface area (Å²) in [6.07, 6.45) is 2.17. The Balaban J connectivity index is 0.000000980. The second-order valence-electron chi connectivity index (χ2n) is 6.92. The maximum absolute atomic E-state index is 11.5. The quantitative estimate of drug-likeness (QED) is 0.655. The monoisotopic (exact) mass is 306 g/mol. The molecule has 0 aliphatic heterocycles. The zero-order valence-electron chi connectivity index (χ0n) is 15.5. The zero-order chi connectivity index (χ0) is 17.1. The van der Waals surface area contributed by atoms with Crippen molar-refractivity contribution in [1.29, 1.82) is 0 Å². The molecule has 0 bridgehead atoms. The number of ketones is 1. The van der Waals surface area contributed by atoms with E-state index in [4.69, 9.17) is 4.74 Å². The SMILES string of the molecule is CC(C)C.CCC(=O)Cc1cc(OCCC(C)C)ccc1C. The molecule has 0 heterocycles. The van der Waals surface area contributed by atoms with Crippen molar-refractivity contribution in [3.8, 4) is 5.75 Å². The Labute approximate surface area is 137 Å².